The number of aromatic nitrogens is 3. The van der Waals surface area contributed by atoms with Gasteiger partial charge in [-0.2, -0.15) is 0 Å². The smallest absolute Gasteiger partial charge is 0.325 e. The van der Waals surface area contributed by atoms with Crippen molar-refractivity contribution in [3.63, 3.8) is 0 Å². The lowest BCUT2D eigenvalue weighted by molar-refractivity contribution is -0.591. The molecular formula is C21H21Cl2N3O. The van der Waals surface area contributed by atoms with E-state index in [1.807, 2.05) is 28.8 Å². The molecule has 0 amide bonds. The second kappa shape index (κ2) is 7.25. The van der Waals surface area contributed by atoms with Crippen LogP contribution in [0.3, 0.4) is 0 Å². The van der Waals surface area contributed by atoms with E-state index in [0.717, 1.165) is 43.2 Å². The Labute approximate surface area is 169 Å². The molecule has 2 aromatic heterocycles. The maximum atomic E-state index is 13.1. The first kappa shape index (κ1) is 18.5. The number of aromatic amines is 1. The van der Waals surface area contributed by atoms with Gasteiger partial charge in [0, 0.05) is 33.2 Å². The van der Waals surface area contributed by atoms with Crippen LogP contribution in [0.15, 0.2) is 29.1 Å². The van der Waals surface area contributed by atoms with Crippen molar-refractivity contribution in [1.29, 1.82) is 0 Å². The molecule has 0 radical (unpaired) electrons. The molecular weight excluding hydrogens is 381 g/mol. The quantitative estimate of drug-likeness (QED) is 0.606. The van der Waals surface area contributed by atoms with E-state index in [0.29, 0.717) is 10.8 Å². The second-order valence-corrected chi connectivity index (χ2v) is 7.80. The number of nitrogens with one attached hydrogen (secondary N) is 1. The van der Waals surface area contributed by atoms with Gasteiger partial charge >= 0.3 is 11.1 Å². The lowest BCUT2D eigenvalue weighted by Crippen LogP contribution is -3.00. The third kappa shape index (κ3) is 3.05. The molecule has 0 spiro atoms. The van der Waals surface area contributed by atoms with Crippen LogP contribution in [0.5, 0.6) is 0 Å². The maximum absolute atomic E-state index is 13.1. The SMILES string of the molecule is O=c1[nH]c(-c2ccc(Cl)cc2)n[n+]2c3c(c4c(c12)CCCC4)CCCC3.[Cl-]. The van der Waals surface area contributed by atoms with Crippen LogP contribution in [-0.4, -0.2) is 10.1 Å². The fraction of sp³-hybridized carbons (Fsp3) is 0.381. The normalized spacial score (nSPS) is 15.7. The zero-order valence-corrected chi connectivity index (χ0v) is 16.5. The van der Waals surface area contributed by atoms with Crippen molar-refractivity contribution < 1.29 is 16.9 Å². The lowest BCUT2D eigenvalue weighted by Gasteiger charge is -2.22. The molecule has 4 nitrogen and oxygen atoms in total. The minimum atomic E-state index is -0.0310. The highest BCUT2D eigenvalue weighted by Crippen LogP contribution is 2.31. The van der Waals surface area contributed by atoms with E-state index in [4.69, 9.17) is 16.7 Å². The summed E-state index contributed by atoms with van der Waals surface area (Å²) in [6.07, 6.45) is 8.98. The zero-order valence-electron chi connectivity index (χ0n) is 15.0. The largest absolute Gasteiger partial charge is 1.00 e. The number of fused-ring (bicyclic) bond motifs is 6. The fourth-order valence-corrected chi connectivity index (χ4v) is 4.71. The number of halogens is 2. The molecule has 0 unspecified atom stereocenters. The van der Waals surface area contributed by atoms with Crippen molar-refractivity contribution in [2.45, 2.75) is 51.4 Å². The average Bonchev–Trinajstić information content (AvgIpc) is 2.68. The van der Waals surface area contributed by atoms with Gasteiger partial charge in [-0.1, -0.05) is 11.6 Å². The number of hydrogen-bond acceptors (Lipinski definition) is 2. The Morgan fingerprint density at radius 2 is 1.52 bits per heavy atom. The first-order chi connectivity index (χ1) is 12.7. The van der Waals surface area contributed by atoms with Crippen molar-refractivity contribution in [2.24, 2.45) is 0 Å². The Balaban J connectivity index is 0.00000180. The van der Waals surface area contributed by atoms with E-state index in [9.17, 15) is 4.79 Å². The standard InChI is InChI=1S/C21H20ClN3O.ClH/c22-14-11-9-13(10-12-14)20-23-21(26)19-17-7-2-1-5-15(17)16-6-3-4-8-18(16)25(19)24-20;/h9-12H,1-8H2;1H. The third-order valence-corrected chi connectivity index (χ3v) is 6.04. The maximum Gasteiger partial charge on any atom is 0.325 e. The molecule has 5 rings (SSSR count). The van der Waals surface area contributed by atoms with Crippen LogP contribution < -0.4 is 22.5 Å². The fourth-order valence-electron chi connectivity index (χ4n) is 4.58. The molecule has 6 heteroatoms. The molecule has 140 valence electrons. The van der Waals surface area contributed by atoms with E-state index in [1.165, 1.54) is 41.6 Å². The van der Waals surface area contributed by atoms with Crippen molar-refractivity contribution in [3.8, 4) is 11.4 Å². The number of aryl methyl sites for hydroxylation is 2. The van der Waals surface area contributed by atoms with Gasteiger partial charge in [-0.3, -0.25) is 9.78 Å². The summed E-state index contributed by atoms with van der Waals surface area (Å²) in [5, 5.41) is 5.55. The van der Waals surface area contributed by atoms with Crippen molar-refractivity contribution in [2.75, 3.05) is 0 Å². The van der Waals surface area contributed by atoms with Crippen LogP contribution in [0.2, 0.25) is 5.02 Å². The molecule has 27 heavy (non-hydrogen) atoms. The van der Waals surface area contributed by atoms with E-state index >= 15 is 0 Å². The van der Waals surface area contributed by atoms with Gasteiger partial charge in [0.05, 0.1) is 0 Å². The molecule has 0 fully saturated rings. The monoisotopic (exact) mass is 401 g/mol. The molecule has 0 atom stereocenters. The second-order valence-electron chi connectivity index (χ2n) is 7.37. The highest BCUT2D eigenvalue weighted by molar-refractivity contribution is 6.30. The van der Waals surface area contributed by atoms with Crippen LogP contribution in [0.1, 0.15) is 48.1 Å². The topological polar surface area (TPSA) is 49.9 Å². The number of rotatable bonds is 1. The molecule has 0 aliphatic heterocycles. The van der Waals surface area contributed by atoms with Crippen molar-refractivity contribution in [1.82, 2.24) is 10.1 Å². The number of benzene rings is 1. The van der Waals surface area contributed by atoms with E-state index in [1.54, 1.807) is 0 Å². The molecule has 2 heterocycles. The zero-order chi connectivity index (χ0) is 17.7. The van der Waals surface area contributed by atoms with Gasteiger partial charge < -0.3 is 12.4 Å². The van der Waals surface area contributed by atoms with Crippen LogP contribution in [-0.2, 0) is 25.7 Å². The first-order valence-corrected chi connectivity index (χ1v) is 9.88. The van der Waals surface area contributed by atoms with Crippen LogP contribution in [0, 0.1) is 0 Å². The molecule has 2 aliphatic carbocycles. The highest BCUT2D eigenvalue weighted by atomic mass is 35.5. The molecule has 1 aromatic carbocycles. The van der Waals surface area contributed by atoms with Crippen LogP contribution in [0.25, 0.3) is 16.9 Å². The number of nitrogens with zero attached hydrogens (tertiary/aromatic N) is 2. The Morgan fingerprint density at radius 1 is 0.889 bits per heavy atom. The molecule has 0 bridgehead atoms. The Kier molecular flexibility index (Phi) is 4.95. The third-order valence-electron chi connectivity index (χ3n) is 5.79. The minimum absolute atomic E-state index is 0. The van der Waals surface area contributed by atoms with Gasteiger partial charge in [-0.05, 0) is 79.3 Å². The van der Waals surface area contributed by atoms with Crippen LogP contribution >= 0.6 is 11.6 Å². The number of H-pyrrole nitrogens is 1. The molecule has 3 aromatic rings. The predicted octanol–water partition coefficient (Wildman–Crippen LogP) is 0.591. The van der Waals surface area contributed by atoms with Gasteiger partial charge in [0.25, 0.3) is 0 Å². The summed E-state index contributed by atoms with van der Waals surface area (Å²) in [7, 11) is 0. The Hall–Kier alpha value is -1.91. The van der Waals surface area contributed by atoms with Crippen molar-refractivity contribution in [3.05, 3.63) is 62.0 Å². The Bertz CT molecular complexity index is 1070. The number of hydrogen-bond donors (Lipinski definition) is 1. The molecule has 0 saturated heterocycles. The molecule has 1 N–H and O–H groups in total. The summed E-state index contributed by atoms with van der Waals surface area (Å²) in [6.45, 7) is 0. The van der Waals surface area contributed by atoms with Gasteiger partial charge in [0.15, 0.2) is 0 Å². The van der Waals surface area contributed by atoms with Gasteiger partial charge in [0.1, 0.15) is 0 Å². The van der Waals surface area contributed by atoms with E-state index in [2.05, 4.69) is 4.98 Å². The summed E-state index contributed by atoms with van der Waals surface area (Å²) < 4.78 is 1.96. The summed E-state index contributed by atoms with van der Waals surface area (Å²) >= 11 is 6.00. The highest BCUT2D eigenvalue weighted by Gasteiger charge is 2.32. The lowest BCUT2D eigenvalue weighted by atomic mass is 9.83. The van der Waals surface area contributed by atoms with Gasteiger partial charge in [-0.25, -0.2) is 0 Å². The summed E-state index contributed by atoms with van der Waals surface area (Å²) in [5.74, 6) is 0.604. The number of pyridine rings is 1. The van der Waals surface area contributed by atoms with E-state index in [-0.39, 0.29) is 18.0 Å². The molecule has 2 aliphatic rings. The van der Waals surface area contributed by atoms with Crippen molar-refractivity contribution >= 4 is 17.1 Å². The van der Waals surface area contributed by atoms with Gasteiger partial charge in [-0.15, -0.1) is 0 Å². The summed E-state index contributed by atoms with van der Waals surface area (Å²) in [6, 6.07) is 7.46. The summed E-state index contributed by atoms with van der Waals surface area (Å²) in [5.41, 5.74) is 6.99. The first-order valence-electron chi connectivity index (χ1n) is 9.50. The van der Waals surface area contributed by atoms with Gasteiger partial charge in [0.2, 0.25) is 11.5 Å². The Morgan fingerprint density at radius 3 is 2.26 bits per heavy atom. The minimum Gasteiger partial charge on any atom is -1.00 e. The average molecular weight is 402 g/mol. The summed E-state index contributed by atoms with van der Waals surface area (Å²) in [4.78, 5) is 16.1. The predicted molar refractivity (Wildman–Crippen MR) is 102 cm³/mol. The molecule has 0 saturated carbocycles. The van der Waals surface area contributed by atoms with E-state index < -0.39 is 0 Å². The van der Waals surface area contributed by atoms with Crippen LogP contribution in [0.4, 0.5) is 0 Å².